The average Bonchev–Trinajstić information content (AvgIpc) is 2.62. The van der Waals surface area contributed by atoms with E-state index >= 15 is 0 Å². The third-order valence-corrected chi connectivity index (χ3v) is 4.01. The summed E-state index contributed by atoms with van der Waals surface area (Å²) in [5.41, 5.74) is 2.38. The molecule has 134 valence electrons. The van der Waals surface area contributed by atoms with Crippen LogP contribution in [0, 0.1) is 6.92 Å². The summed E-state index contributed by atoms with van der Waals surface area (Å²) in [6, 6.07) is 8.57. The zero-order chi connectivity index (χ0) is 18.4. The van der Waals surface area contributed by atoms with E-state index in [-0.39, 0.29) is 6.03 Å². The first kappa shape index (κ1) is 18.7. The summed E-state index contributed by atoms with van der Waals surface area (Å²) in [5.74, 6) is 1.57. The van der Waals surface area contributed by atoms with E-state index in [1.54, 1.807) is 45.6 Å². The molecular weight excluding hydrogens is 344 g/mol. The molecule has 0 unspecified atom stereocenters. The van der Waals surface area contributed by atoms with Gasteiger partial charge in [-0.2, -0.15) is 0 Å². The van der Waals surface area contributed by atoms with Crippen LogP contribution in [0.2, 0.25) is 5.02 Å². The number of ether oxygens (including phenoxy) is 3. The Morgan fingerprint density at radius 2 is 1.68 bits per heavy atom. The van der Waals surface area contributed by atoms with Crippen LogP contribution >= 0.6 is 11.6 Å². The molecule has 2 aromatic carbocycles. The molecule has 7 heteroatoms. The number of anilines is 1. The molecule has 0 fully saturated rings. The van der Waals surface area contributed by atoms with Crippen molar-refractivity contribution in [2.75, 3.05) is 26.6 Å². The van der Waals surface area contributed by atoms with Crippen LogP contribution in [0.3, 0.4) is 0 Å². The predicted octanol–water partition coefficient (Wildman–Crippen LogP) is 4.00. The highest BCUT2D eigenvalue weighted by atomic mass is 35.5. The second-order valence-electron chi connectivity index (χ2n) is 5.31. The predicted molar refractivity (Wildman–Crippen MR) is 98.1 cm³/mol. The van der Waals surface area contributed by atoms with E-state index in [1.807, 2.05) is 13.0 Å². The van der Waals surface area contributed by atoms with Gasteiger partial charge in [0, 0.05) is 17.3 Å². The molecule has 0 saturated heterocycles. The van der Waals surface area contributed by atoms with Crippen molar-refractivity contribution in [2.24, 2.45) is 0 Å². The summed E-state index contributed by atoms with van der Waals surface area (Å²) in [5, 5.41) is 6.11. The highest BCUT2D eigenvalue weighted by Crippen LogP contribution is 2.38. The highest BCUT2D eigenvalue weighted by molar-refractivity contribution is 6.31. The Balaban J connectivity index is 2.04. The van der Waals surface area contributed by atoms with Crippen LogP contribution in [0.25, 0.3) is 0 Å². The molecule has 25 heavy (non-hydrogen) atoms. The molecule has 6 nitrogen and oxygen atoms in total. The first-order valence-corrected chi connectivity index (χ1v) is 7.96. The van der Waals surface area contributed by atoms with Gasteiger partial charge in [0.05, 0.1) is 21.3 Å². The Bertz CT molecular complexity index is 740. The molecule has 0 saturated carbocycles. The van der Waals surface area contributed by atoms with E-state index in [4.69, 9.17) is 25.8 Å². The van der Waals surface area contributed by atoms with E-state index in [0.29, 0.717) is 34.5 Å². The lowest BCUT2D eigenvalue weighted by atomic mass is 10.2. The van der Waals surface area contributed by atoms with Gasteiger partial charge in [-0.1, -0.05) is 17.7 Å². The Morgan fingerprint density at radius 1 is 1.04 bits per heavy atom. The molecule has 2 rings (SSSR count). The molecule has 0 aliphatic heterocycles. The van der Waals surface area contributed by atoms with Crippen LogP contribution in [0.5, 0.6) is 17.2 Å². The molecule has 0 aromatic heterocycles. The lowest BCUT2D eigenvalue weighted by molar-refractivity contribution is 0.251. The summed E-state index contributed by atoms with van der Waals surface area (Å²) >= 11 is 6.05. The fourth-order valence-corrected chi connectivity index (χ4v) is 2.45. The van der Waals surface area contributed by atoms with Crippen molar-refractivity contribution in [1.29, 1.82) is 0 Å². The minimum atomic E-state index is -0.339. The van der Waals surface area contributed by atoms with Gasteiger partial charge in [-0.25, -0.2) is 4.79 Å². The molecule has 0 heterocycles. The van der Waals surface area contributed by atoms with Crippen LogP contribution in [0.1, 0.15) is 11.1 Å². The van der Waals surface area contributed by atoms with Crippen molar-refractivity contribution >= 4 is 23.3 Å². The highest BCUT2D eigenvalue weighted by Gasteiger charge is 2.13. The second kappa shape index (κ2) is 8.48. The van der Waals surface area contributed by atoms with Gasteiger partial charge in [0.2, 0.25) is 5.75 Å². The number of nitrogens with one attached hydrogen (secondary N) is 2. The molecule has 0 bridgehead atoms. The van der Waals surface area contributed by atoms with Gasteiger partial charge in [0.1, 0.15) is 0 Å². The molecule has 0 aliphatic rings. The van der Waals surface area contributed by atoms with Crippen LogP contribution in [-0.2, 0) is 6.54 Å². The minimum Gasteiger partial charge on any atom is -0.493 e. The maximum Gasteiger partial charge on any atom is 0.319 e. The fourth-order valence-electron chi connectivity index (χ4n) is 2.27. The number of aryl methyl sites for hydroxylation is 1. The van der Waals surface area contributed by atoms with Crippen molar-refractivity contribution in [2.45, 2.75) is 13.5 Å². The lowest BCUT2D eigenvalue weighted by Gasteiger charge is -2.14. The fraction of sp³-hybridized carbons (Fsp3) is 0.278. The van der Waals surface area contributed by atoms with E-state index in [9.17, 15) is 4.79 Å². The van der Waals surface area contributed by atoms with Crippen LogP contribution in [-0.4, -0.2) is 27.4 Å². The normalized spacial score (nSPS) is 10.1. The first-order valence-electron chi connectivity index (χ1n) is 7.58. The van der Waals surface area contributed by atoms with Gasteiger partial charge < -0.3 is 24.8 Å². The molecule has 0 radical (unpaired) electrons. The van der Waals surface area contributed by atoms with Crippen molar-refractivity contribution in [1.82, 2.24) is 5.32 Å². The standard InChI is InChI=1S/C18H21ClN2O4/c1-11-5-6-13(9-14(11)19)21-18(22)20-10-12-7-15(23-2)17(25-4)16(8-12)24-3/h5-9H,10H2,1-4H3,(H2,20,21,22). The monoisotopic (exact) mass is 364 g/mol. The Labute approximate surface area is 152 Å². The van der Waals surface area contributed by atoms with E-state index in [0.717, 1.165) is 11.1 Å². The summed E-state index contributed by atoms with van der Waals surface area (Å²) in [6.45, 7) is 2.19. The van der Waals surface area contributed by atoms with Crippen LogP contribution < -0.4 is 24.8 Å². The van der Waals surface area contributed by atoms with Crippen molar-refractivity contribution in [3.8, 4) is 17.2 Å². The Kier molecular flexibility index (Phi) is 6.36. The number of urea groups is 1. The number of hydrogen-bond donors (Lipinski definition) is 2. The molecule has 0 spiro atoms. The number of halogens is 1. The Morgan fingerprint density at radius 3 is 2.20 bits per heavy atom. The number of amides is 2. The largest absolute Gasteiger partial charge is 0.493 e. The van der Waals surface area contributed by atoms with Crippen LogP contribution in [0.15, 0.2) is 30.3 Å². The number of benzene rings is 2. The molecule has 2 aromatic rings. The maximum atomic E-state index is 12.1. The summed E-state index contributed by atoms with van der Waals surface area (Å²) in [4.78, 5) is 12.1. The first-order chi connectivity index (χ1) is 12.0. The van der Waals surface area contributed by atoms with E-state index in [1.165, 1.54) is 0 Å². The van der Waals surface area contributed by atoms with Gasteiger partial charge in [-0.3, -0.25) is 0 Å². The SMILES string of the molecule is COc1cc(CNC(=O)Nc2ccc(C)c(Cl)c2)cc(OC)c1OC. The molecule has 0 aliphatic carbocycles. The summed E-state index contributed by atoms with van der Waals surface area (Å²) < 4.78 is 15.9. The minimum absolute atomic E-state index is 0.294. The van der Waals surface area contributed by atoms with Gasteiger partial charge >= 0.3 is 6.03 Å². The third kappa shape index (κ3) is 4.70. The van der Waals surface area contributed by atoms with Crippen molar-refractivity contribution in [3.63, 3.8) is 0 Å². The molecular formula is C18H21ClN2O4. The van der Waals surface area contributed by atoms with Gasteiger partial charge in [0.15, 0.2) is 11.5 Å². The van der Waals surface area contributed by atoms with E-state index < -0.39 is 0 Å². The average molecular weight is 365 g/mol. The van der Waals surface area contributed by atoms with Gasteiger partial charge in [-0.05, 0) is 42.3 Å². The number of hydrogen-bond acceptors (Lipinski definition) is 4. The van der Waals surface area contributed by atoms with Gasteiger partial charge in [-0.15, -0.1) is 0 Å². The zero-order valence-corrected chi connectivity index (χ0v) is 15.4. The van der Waals surface area contributed by atoms with E-state index in [2.05, 4.69) is 10.6 Å². The van der Waals surface area contributed by atoms with Crippen molar-refractivity contribution in [3.05, 3.63) is 46.5 Å². The Hall–Kier alpha value is -2.60. The number of carbonyl (C=O) groups is 1. The summed E-state index contributed by atoms with van der Waals surface area (Å²) in [6.07, 6.45) is 0. The molecule has 2 N–H and O–H groups in total. The maximum absolute atomic E-state index is 12.1. The zero-order valence-electron chi connectivity index (χ0n) is 14.6. The van der Waals surface area contributed by atoms with Gasteiger partial charge in [0.25, 0.3) is 0 Å². The summed E-state index contributed by atoms with van der Waals surface area (Å²) in [7, 11) is 4.63. The quantitative estimate of drug-likeness (QED) is 0.813. The topological polar surface area (TPSA) is 68.8 Å². The second-order valence-corrected chi connectivity index (χ2v) is 5.71. The smallest absolute Gasteiger partial charge is 0.319 e. The number of carbonyl (C=O) groups excluding carboxylic acids is 1. The molecule has 2 amide bonds. The third-order valence-electron chi connectivity index (χ3n) is 3.61. The van der Waals surface area contributed by atoms with Crippen LogP contribution in [0.4, 0.5) is 10.5 Å². The number of methoxy groups -OCH3 is 3. The number of rotatable bonds is 6. The molecule has 0 atom stereocenters. The lowest BCUT2D eigenvalue weighted by Crippen LogP contribution is -2.28. The van der Waals surface area contributed by atoms with Crippen molar-refractivity contribution < 1.29 is 19.0 Å².